The standard InChI is InChI=1S/C81H77F15O22/c1-9-58-59(37-25-36-54(97)44-57(45-55(98)41-38-48-39-42-56(104-2)43-40-48)118-76(110-8,81(94,95)96)53-34-23-14-24-35-53)60(65(99)105-3)46-111-66(58)117-67-64(116-71(103)75(109-7,80(91,92)93)52-32-21-13-22-33-52)63(115-70(102)74(108-6,79(88,89)90)51-30-19-12-20-31-51)62(114-69(101)73(107-5,78(85,86)87)50-28-17-11-18-29-50)61(113-67)47-112-68(100)72(106-4,77(82,83)84)49-26-15-10-16-27-49/h9-35,37,39-40,42-43,46,57-59,61-64,66-67H,1,36,38,41,44-45,47H2,2-8H3/b37-25+/t57-,58-,59+,61-,62-,63+,64-,66+,67+,72+,73+,74+,75+,76+/m1/s1. The van der Waals surface area contributed by atoms with Crippen LogP contribution < -0.4 is 4.74 Å². The fourth-order valence-corrected chi connectivity index (χ4v) is 13.4. The fraction of sp³-hybridized carbons (Fsp3) is 0.395. The Morgan fingerprint density at radius 3 is 1.24 bits per heavy atom. The van der Waals surface area contributed by atoms with Crippen LogP contribution in [0.3, 0.4) is 0 Å². The second kappa shape index (κ2) is 38.5. The first-order valence-electron chi connectivity index (χ1n) is 35.2. The molecule has 2 heterocycles. The first-order chi connectivity index (χ1) is 55.7. The number of hydrogen-bond acceptors (Lipinski definition) is 22. The zero-order chi connectivity index (χ0) is 87.0. The van der Waals surface area contributed by atoms with Gasteiger partial charge in [-0.15, -0.1) is 6.58 Å². The van der Waals surface area contributed by atoms with Gasteiger partial charge in [0.05, 0.1) is 38.1 Å². The minimum absolute atomic E-state index is 0.0488. The van der Waals surface area contributed by atoms with Crippen molar-refractivity contribution in [1.82, 2.24) is 0 Å². The predicted octanol–water partition coefficient (Wildman–Crippen LogP) is 14.2. The van der Waals surface area contributed by atoms with Crippen molar-refractivity contribution in [1.29, 1.82) is 0 Å². The molecule has 0 saturated carbocycles. The van der Waals surface area contributed by atoms with Crippen LogP contribution in [0.2, 0.25) is 0 Å². The van der Waals surface area contributed by atoms with Crippen molar-refractivity contribution in [3.05, 3.63) is 246 Å². The smallest absolute Gasteiger partial charge is 0.448 e. The van der Waals surface area contributed by atoms with Gasteiger partial charge in [-0.25, -0.2) is 24.0 Å². The SMILES string of the molecule is C=C[C@H]1[C@H](O[C@@H]2O[C@H](COC(=O)[C@@](OC)(c3ccccc3)C(F)(F)F)[C@@H](OC(=O)[C@@](OC)(c3ccccc3)C(F)(F)F)[C@H](OC(=O)[C@@](OC)(c3ccccc3)C(F)(F)F)[C@H]2OC(=O)[C@@](OC)(c2ccccc2)C(F)(F)F)OC=C(C(=O)OC)[C@H]1/C=C/CC(=O)C[C@H](CC(=O)CCc1ccc(OC)cc1)O[C@@](OC)(c1ccccc1)C(F)(F)F. The molecule has 2 aliphatic heterocycles. The van der Waals surface area contributed by atoms with E-state index >= 15 is 80.2 Å². The molecule has 0 amide bonds. The Labute approximate surface area is 663 Å². The van der Waals surface area contributed by atoms with E-state index in [4.69, 9.17) is 71.1 Å². The predicted molar refractivity (Wildman–Crippen MR) is 378 cm³/mol. The Bertz CT molecular complexity index is 4460. The first-order valence-corrected chi connectivity index (χ1v) is 35.2. The van der Waals surface area contributed by atoms with Gasteiger partial charge in [0.2, 0.25) is 12.6 Å². The fourth-order valence-electron chi connectivity index (χ4n) is 13.4. The van der Waals surface area contributed by atoms with Gasteiger partial charge < -0.3 is 71.1 Å². The van der Waals surface area contributed by atoms with Crippen molar-refractivity contribution in [3.63, 3.8) is 0 Å². The average molecular weight is 1690 g/mol. The highest BCUT2D eigenvalue weighted by atomic mass is 19.4. The monoisotopic (exact) mass is 1690 g/mol. The quantitative estimate of drug-likeness (QED) is 0.0116. The van der Waals surface area contributed by atoms with E-state index in [2.05, 4.69) is 6.58 Å². The summed E-state index contributed by atoms with van der Waals surface area (Å²) in [6.07, 6.45) is -50.6. The van der Waals surface area contributed by atoms with Crippen molar-refractivity contribution < 1.29 is 170 Å². The molecular formula is C81H77F15O22. The zero-order valence-corrected chi connectivity index (χ0v) is 63.3. The molecule has 0 aromatic heterocycles. The van der Waals surface area contributed by atoms with Gasteiger partial charge in [-0.1, -0.05) is 182 Å². The molecule has 8 rings (SSSR count). The van der Waals surface area contributed by atoms with E-state index < -0.39 is 215 Å². The van der Waals surface area contributed by atoms with E-state index in [1.165, 1.54) is 31.4 Å². The third kappa shape index (κ3) is 19.1. The molecule has 1 saturated heterocycles. The van der Waals surface area contributed by atoms with E-state index in [9.17, 15) is 19.2 Å². The molecule has 14 atom stereocenters. The highest BCUT2D eigenvalue weighted by molar-refractivity contribution is 5.90. The van der Waals surface area contributed by atoms with E-state index in [1.807, 2.05) is 0 Å². The normalized spacial score (nSPS) is 21.5. The Balaban J connectivity index is 1.33. The van der Waals surface area contributed by atoms with Crippen LogP contribution in [0, 0.1) is 11.8 Å². The highest BCUT2D eigenvalue weighted by Gasteiger charge is 2.71. The number of alkyl halides is 15. The van der Waals surface area contributed by atoms with E-state index in [-0.39, 0.29) is 34.2 Å². The van der Waals surface area contributed by atoms with Crippen molar-refractivity contribution >= 4 is 41.4 Å². The molecule has 37 heteroatoms. The molecule has 638 valence electrons. The number of esters is 5. The topological polar surface area (TPSA) is 258 Å². The molecule has 118 heavy (non-hydrogen) atoms. The Morgan fingerprint density at radius 2 is 0.856 bits per heavy atom. The summed E-state index contributed by atoms with van der Waals surface area (Å²) in [5.41, 5.74) is -23.2. The van der Waals surface area contributed by atoms with Crippen LogP contribution in [-0.4, -0.2) is 172 Å². The number of carbonyl (C=O) groups excluding carboxylic acids is 7. The van der Waals surface area contributed by atoms with Gasteiger partial charge in [0.1, 0.15) is 30.0 Å². The minimum Gasteiger partial charge on any atom is -0.497 e. The Kier molecular flexibility index (Phi) is 30.3. The number of methoxy groups -OCH3 is 7. The summed E-state index contributed by atoms with van der Waals surface area (Å²) in [6.45, 7) is 1.65. The van der Waals surface area contributed by atoms with E-state index in [1.54, 1.807) is 24.3 Å². The van der Waals surface area contributed by atoms with Gasteiger partial charge in [0.15, 0.2) is 18.3 Å². The molecule has 0 aliphatic carbocycles. The van der Waals surface area contributed by atoms with E-state index in [0.29, 0.717) is 80.3 Å². The van der Waals surface area contributed by atoms with Crippen molar-refractivity contribution in [2.45, 2.75) is 134 Å². The number of Topliss-reactive ketones (excluding diaryl/α,β-unsaturated/α-hetero) is 2. The average Bonchev–Trinajstić information content (AvgIpc) is 0.737. The van der Waals surface area contributed by atoms with Crippen molar-refractivity contribution in [3.8, 4) is 5.75 Å². The van der Waals surface area contributed by atoms with Crippen LogP contribution in [-0.2, 0) is 134 Å². The lowest BCUT2D eigenvalue weighted by molar-refractivity contribution is -0.395. The molecular weight excluding hydrogens is 1610 g/mol. The second-order valence-electron chi connectivity index (χ2n) is 26.2. The van der Waals surface area contributed by atoms with Crippen LogP contribution >= 0.6 is 0 Å². The number of hydrogen-bond donors (Lipinski definition) is 0. The summed E-state index contributed by atoms with van der Waals surface area (Å²) >= 11 is 0. The number of ether oxygens (including phenoxy) is 15. The summed E-state index contributed by atoms with van der Waals surface area (Å²) in [7, 11) is 4.05. The number of carbonyl (C=O) groups is 7. The van der Waals surface area contributed by atoms with Gasteiger partial charge in [-0.3, -0.25) is 9.59 Å². The van der Waals surface area contributed by atoms with Crippen molar-refractivity contribution in [2.24, 2.45) is 11.8 Å². The summed E-state index contributed by atoms with van der Waals surface area (Å²) in [5, 5.41) is 0. The number of rotatable bonds is 36. The van der Waals surface area contributed by atoms with Gasteiger partial charge in [0, 0.05) is 95.0 Å². The molecule has 0 radical (unpaired) electrons. The lowest BCUT2D eigenvalue weighted by Gasteiger charge is -2.48. The molecule has 0 spiro atoms. The van der Waals surface area contributed by atoms with Gasteiger partial charge >= 0.3 is 60.7 Å². The highest BCUT2D eigenvalue weighted by Crippen LogP contribution is 2.51. The van der Waals surface area contributed by atoms with Crippen LogP contribution in [0.25, 0.3) is 0 Å². The lowest BCUT2D eigenvalue weighted by atomic mass is 9.83. The van der Waals surface area contributed by atoms with Crippen LogP contribution in [0.4, 0.5) is 65.9 Å². The van der Waals surface area contributed by atoms with Crippen LogP contribution in [0.5, 0.6) is 5.75 Å². The number of ketones is 2. The number of halogens is 15. The zero-order valence-electron chi connectivity index (χ0n) is 63.3. The number of aryl methyl sites for hydroxylation is 1. The summed E-state index contributed by atoms with van der Waals surface area (Å²) in [4.78, 5) is 102. The Morgan fingerprint density at radius 1 is 0.458 bits per heavy atom. The van der Waals surface area contributed by atoms with Gasteiger partial charge in [0.25, 0.3) is 28.2 Å². The molecule has 6 aromatic carbocycles. The third-order valence-electron chi connectivity index (χ3n) is 19.4. The third-order valence-corrected chi connectivity index (χ3v) is 19.4. The van der Waals surface area contributed by atoms with Gasteiger partial charge in [-0.2, -0.15) is 65.9 Å². The maximum absolute atomic E-state index is 16.3. The summed E-state index contributed by atoms with van der Waals surface area (Å²) in [5.74, 6) is -20.8. The number of benzene rings is 6. The Hall–Kier alpha value is -10.5. The van der Waals surface area contributed by atoms with E-state index in [0.717, 1.165) is 104 Å². The van der Waals surface area contributed by atoms with Crippen LogP contribution in [0.15, 0.2) is 213 Å². The van der Waals surface area contributed by atoms with Gasteiger partial charge in [-0.05, 0) is 24.1 Å². The lowest BCUT2D eigenvalue weighted by Crippen LogP contribution is -2.67. The minimum atomic E-state index is -6.14. The largest absolute Gasteiger partial charge is 0.497 e. The molecule has 0 unspecified atom stereocenters. The molecule has 1 fully saturated rings. The second-order valence-corrected chi connectivity index (χ2v) is 26.2. The molecule has 22 nitrogen and oxygen atoms in total. The number of allylic oxidation sites excluding steroid dienone is 2. The molecule has 0 bridgehead atoms. The molecule has 2 aliphatic rings. The first kappa shape index (κ1) is 93.0. The maximum atomic E-state index is 16.3. The maximum Gasteiger partial charge on any atom is 0.448 e. The molecule has 0 N–H and O–H groups in total. The summed E-state index contributed by atoms with van der Waals surface area (Å²) in [6, 6.07) is 29.2. The van der Waals surface area contributed by atoms with Crippen LogP contribution in [0.1, 0.15) is 59.1 Å². The van der Waals surface area contributed by atoms with Crippen molar-refractivity contribution in [2.75, 3.05) is 56.4 Å². The summed E-state index contributed by atoms with van der Waals surface area (Å²) < 4.78 is 320. The molecule has 6 aromatic rings.